The Balaban J connectivity index is 2.04. The highest BCUT2D eigenvalue weighted by Crippen LogP contribution is 2.29. The molecular weight excluding hydrogens is 190 g/mol. The van der Waals surface area contributed by atoms with E-state index in [1.807, 2.05) is 0 Å². The highest BCUT2D eigenvalue weighted by Gasteiger charge is 2.35. The fourth-order valence-electron chi connectivity index (χ4n) is 2.52. The molecule has 2 aliphatic heterocycles. The fourth-order valence-corrected chi connectivity index (χ4v) is 2.52. The van der Waals surface area contributed by atoms with Crippen LogP contribution in [0.2, 0.25) is 0 Å². The summed E-state index contributed by atoms with van der Waals surface area (Å²) in [4.78, 5) is 0. The first kappa shape index (κ1) is 11.0. The van der Waals surface area contributed by atoms with Crippen molar-refractivity contribution in [3.8, 4) is 0 Å². The van der Waals surface area contributed by atoms with E-state index < -0.39 is 0 Å². The zero-order valence-corrected chi connectivity index (χ0v) is 9.66. The topological polar surface area (TPSA) is 30.5 Å². The van der Waals surface area contributed by atoms with Gasteiger partial charge in [0.05, 0.1) is 18.8 Å². The van der Waals surface area contributed by atoms with Gasteiger partial charge in [-0.05, 0) is 26.0 Å². The van der Waals surface area contributed by atoms with Gasteiger partial charge < -0.3 is 14.8 Å². The molecule has 3 atom stereocenters. The summed E-state index contributed by atoms with van der Waals surface area (Å²) in [5.74, 6) is 1.70. The van der Waals surface area contributed by atoms with Crippen LogP contribution in [0, 0.1) is 5.92 Å². The fraction of sp³-hybridized carbons (Fsp3) is 0.833. The molecule has 3 heteroatoms. The Morgan fingerprint density at radius 3 is 2.93 bits per heavy atom. The Labute approximate surface area is 91.8 Å². The Morgan fingerprint density at radius 1 is 1.53 bits per heavy atom. The molecule has 0 aliphatic carbocycles. The standard InChI is InChI=1S/C12H21NO2/c1-3-13-12(11-5-4-7-15-11)10-6-8-14-9(10)2/h5,9-10,12-13H,3-4,6-8H2,1-2H3. The van der Waals surface area contributed by atoms with Crippen molar-refractivity contribution in [1.82, 2.24) is 5.32 Å². The lowest BCUT2D eigenvalue weighted by Gasteiger charge is -2.27. The van der Waals surface area contributed by atoms with Crippen LogP contribution in [0.25, 0.3) is 0 Å². The van der Waals surface area contributed by atoms with Crippen LogP contribution in [0.4, 0.5) is 0 Å². The monoisotopic (exact) mass is 211 g/mol. The molecule has 0 aromatic rings. The smallest absolute Gasteiger partial charge is 0.109 e. The van der Waals surface area contributed by atoms with E-state index in [-0.39, 0.29) is 0 Å². The maximum Gasteiger partial charge on any atom is 0.109 e. The number of likely N-dealkylation sites (N-methyl/N-ethyl adjacent to an activating group) is 1. The molecule has 2 aliphatic rings. The first-order valence-corrected chi connectivity index (χ1v) is 6.00. The second-order valence-corrected chi connectivity index (χ2v) is 4.31. The largest absolute Gasteiger partial charge is 0.496 e. The molecule has 3 nitrogen and oxygen atoms in total. The van der Waals surface area contributed by atoms with Gasteiger partial charge in [-0.2, -0.15) is 0 Å². The van der Waals surface area contributed by atoms with Crippen molar-refractivity contribution < 1.29 is 9.47 Å². The van der Waals surface area contributed by atoms with Gasteiger partial charge in [0.25, 0.3) is 0 Å². The van der Waals surface area contributed by atoms with Crippen molar-refractivity contribution in [2.75, 3.05) is 19.8 Å². The Bertz CT molecular complexity index is 240. The maximum absolute atomic E-state index is 5.67. The molecule has 3 unspecified atom stereocenters. The third-order valence-electron chi connectivity index (χ3n) is 3.33. The van der Waals surface area contributed by atoms with E-state index in [1.165, 1.54) is 0 Å². The van der Waals surface area contributed by atoms with Gasteiger partial charge in [0.1, 0.15) is 5.76 Å². The minimum atomic E-state index is 0.346. The molecule has 0 radical (unpaired) electrons. The first-order valence-electron chi connectivity index (χ1n) is 6.00. The second-order valence-electron chi connectivity index (χ2n) is 4.31. The van der Waals surface area contributed by atoms with Crippen molar-refractivity contribution >= 4 is 0 Å². The molecule has 0 amide bonds. The van der Waals surface area contributed by atoms with Crippen LogP contribution in [0.3, 0.4) is 0 Å². The summed E-state index contributed by atoms with van der Waals surface area (Å²) >= 11 is 0. The molecule has 2 rings (SSSR count). The van der Waals surface area contributed by atoms with Gasteiger partial charge in [-0.25, -0.2) is 0 Å². The third-order valence-corrected chi connectivity index (χ3v) is 3.33. The zero-order valence-electron chi connectivity index (χ0n) is 9.66. The second kappa shape index (κ2) is 4.99. The molecule has 0 spiro atoms. The van der Waals surface area contributed by atoms with Gasteiger partial charge in [0.15, 0.2) is 0 Å². The SMILES string of the molecule is CCNC(C1=CCCO1)C1CCOC1C. The van der Waals surface area contributed by atoms with Crippen molar-refractivity contribution in [2.45, 2.75) is 38.8 Å². The Kier molecular flexibility index (Phi) is 3.65. The number of nitrogens with one attached hydrogen (secondary N) is 1. The number of rotatable bonds is 4. The van der Waals surface area contributed by atoms with Gasteiger partial charge in [-0.3, -0.25) is 0 Å². The van der Waals surface area contributed by atoms with Crippen molar-refractivity contribution in [3.63, 3.8) is 0 Å². The molecule has 86 valence electrons. The number of hydrogen-bond acceptors (Lipinski definition) is 3. The van der Waals surface area contributed by atoms with Gasteiger partial charge in [-0.1, -0.05) is 6.92 Å². The first-order chi connectivity index (χ1) is 7.33. The van der Waals surface area contributed by atoms with Crippen LogP contribution in [-0.4, -0.2) is 31.9 Å². The maximum atomic E-state index is 5.67. The van der Waals surface area contributed by atoms with E-state index >= 15 is 0 Å². The lowest BCUT2D eigenvalue weighted by Crippen LogP contribution is -2.40. The molecule has 1 fully saturated rings. The summed E-state index contributed by atoms with van der Waals surface area (Å²) in [6.07, 6.45) is 4.76. The van der Waals surface area contributed by atoms with Crippen molar-refractivity contribution in [1.29, 1.82) is 0 Å². The lowest BCUT2D eigenvalue weighted by molar-refractivity contribution is 0.0900. The summed E-state index contributed by atoms with van der Waals surface area (Å²) in [6, 6.07) is 0.356. The Morgan fingerprint density at radius 2 is 2.40 bits per heavy atom. The van der Waals surface area contributed by atoms with Gasteiger partial charge >= 0.3 is 0 Å². The third kappa shape index (κ3) is 2.34. The van der Waals surface area contributed by atoms with Crippen LogP contribution >= 0.6 is 0 Å². The predicted molar refractivity (Wildman–Crippen MR) is 59.6 cm³/mol. The molecule has 15 heavy (non-hydrogen) atoms. The highest BCUT2D eigenvalue weighted by molar-refractivity contribution is 5.10. The quantitative estimate of drug-likeness (QED) is 0.767. The summed E-state index contributed by atoms with van der Waals surface area (Å²) < 4.78 is 11.3. The predicted octanol–water partition coefficient (Wildman–Crippen LogP) is 1.69. The van der Waals surface area contributed by atoms with Crippen LogP contribution in [0.1, 0.15) is 26.7 Å². The van der Waals surface area contributed by atoms with Gasteiger partial charge in [-0.15, -0.1) is 0 Å². The van der Waals surface area contributed by atoms with Gasteiger partial charge in [0, 0.05) is 18.9 Å². The molecule has 0 saturated carbocycles. The molecule has 2 heterocycles. The van der Waals surface area contributed by atoms with Gasteiger partial charge in [0.2, 0.25) is 0 Å². The molecular formula is C12H21NO2. The van der Waals surface area contributed by atoms with Crippen LogP contribution in [0.5, 0.6) is 0 Å². The average Bonchev–Trinajstić information content (AvgIpc) is 2.85. The Hall–Kier alpha value is -0.540. The summed E-state index contributed by atoms with van der Waals surface area (Å²) in [7, 11) is 0. The minimum Gasteiger partial charge on any atom is -0.496 e. The lowest BCUT2D eigenvalue weighted by atomic mass is 9.92. The van der Waals surface area contributed by atoms with Crippen molar-refractivity contribution in [2.24, 2.45) is 5.92 Å². The summed E-state index contributed by atoms with van der Waals surface area (Å²) in [5.41, 5.74) is 0. The number of ether oxygens (including phenoxy) is 2. The van der Waals surface area contributed by atoms with E-state index in [4.69, 9.17) is 9.47 Å². The van der Waals surface area contributed by atoms with E-state index in [2.05, 4.69) is 25.2 Å². The van der Waals surface area contributed by atoms with E-state index in [0.717, 1.165) is 38.4 Å². The van der Waals surface area contributed by atoms with E-state index in [1.54, 1.807) is 0 Å². The van der Waals surface area contributed by atoms with Crippen LogP contribution in [-0.2, 0) is 9.47 Å². The van der Waals surface area contributed by atoms with Crippen LogP contribution < -0.4 is 5.32 Å². The average molecular weight is 211 g/mol. The molecule has 0 bridgehead atoms. The van der Waals surface area contributed by atoms with E-state index in [0.29, 0.717) is 18.1 Å². The zero-order chi connectivity index (χ0) is 10.7. The van der Waals surface area contributed by atoms with E-state index in [9.17, 15) is 0 Å². The summed E-state index contributed by atoms with van der Waals surface area (Å²) in [5, 5.41) is 3.52. The molecule has 0 aromatic heterocycles. The summed E-state index contributed by atoms with van der Waals surface area (Å²) in [6.45, 7) is 7.02. The normalized spacial score (nSPS) is 32.5. The molecule has 0 aromatic carbocycles. The van der Waals surface area contributed by atoms with Crippen LogP contribution in [0.15, 0.2) is 11.8 Å². The number of hydrogen-bond donors (Lipinski definition) is 1. The molecule has 1 N–H and O–H groups in total. The highest BCUT2D eigenvalue weighted by atomic mass is 16.5. The molecule has 1 saturated heterocycles. The minimum absolute atomic E-state index is 0.346. The van der Waals surface area contributed by atoms with Crippen molar-refractivity contribution in [3.05, 3.63) is 11.8 Å².